The summed E-state index contributed by atoms with van der Waals surface area (Å²) in [5.74, 6) is -0.443. The Labute approximate surface area is 77.1 Å². The van der Waals surface area contributed by atoms with E-state index in [0.29, 0.717) is 6.42 Å². The van der Waals surface area contributed by atoms with Crippen molar-refractivity contribution in [3.05, 3.63) is 12.7 Å². The summed E-state index contributed by atoms with van der Waals surface area (Å²) in [5.41, 5.74) is -0.309. The van der Waals surface area contributed by atoms with E-state index >= 15 is 0 Å². The summed E-state index contributed by atoms with van der Waals surface area (Å²) in [6.07, 6.45) is 1.61. The lowest BCUT2D eigenvalue weighted by molar-refractivity contribution is -0.138. The number of esters is 1. The monoisotopic (exact) mass is 186 g/mol. The van der Waals surface area contributed by atoms with E-state index in [2.05, 4.69) is 6.58 Å². The summed E-state index contributed by atoms with van der Waals surface area (Å²) in [7, 11) is 0. The molecular formula is C9H14O4. The van der Waals surface area contributed by atoms with Crippen molar-refractivity contribution in [2.45, 2.75) is 25.0 Å². The van der Waals surface area contributed by atoms with Crippen LogP contribution in [0, 0.1) is 0 Å². The van der Waals surface area contributed by atoms with Gasteiger partial charge in [-0.05, 0) is 6.92 Å². The third-order valence-electron chi connectivity index (χ3n) is 2.19. The molecule has 0 bridgehead atoms. The van der Waals surface area contributed by atoms with E-state index in [9.17, 15) is 4.79 Å². The van der Waals surface area contributed by atoms with E-state index in [1.54, 1.807) is 0 Å². The fourth-order valence-electron chi connectivity index (χ4n) is 1.16. The molecule has 1 fully saturated rings. The topological polar surface area (TPSA) is 59.1 Å². The first-order valence-electron chi connectivity index (χ1n) is 4.20. The van der Waals surface area contributed by atoms with Crippen molar-refractivity contribution in [3.63, 3.8) is 0 Å². The van der Waals surface area contributed by atoms with Gasteiger partial charge < -0.3 is 14.6 Å². The first-order valence-corrected chi connectivity index (χ1v) is 4.20. The fourth-order valence-corrected chi connectivity index (χ4v) is 1.16. The van der Waals surface area contributed by atoms with E-state index in [1.807, 2.05) is 6.92 Å². The lowest BCUT2D eigenvalue weighted by Crippen LogP contribution is -2.17. The van der Waals surface area contributed by atoms with Gasteiger partial charge >= 0.3 is 5.97 Å². The summed E-state index contributed by atoms with van der Waals surface area (Å²) < 4.78 is 10.1. The number of aliphatic hydroxyl groups excluding tert-OH is 1. The van der Waals surface area contributed by atoms with Crippen molar-refractivity contribution in [1.29, 1.82) is 0 Å². The first kappa shape index (κ1) is 10.2. The second-order valence-corrected chi connectivity index (χ2v) is 3.23. The van der Waals surface area contributed by atoms with Crippen LogP contribution in [0.3, 0.4) is 0 Å². The van der Waals surface area contributed by atoms with Gasteiger partial charge in [0.1, 0.15) is 12.7 Å². The van der Waals surface area contributed by atoms with Crippen LogP contribution in [0.15, 0.2) is 12.7 Å². The lowest BCUT2D eigenvalue weighted by Gasteiger charge is -2.02. The maximum absolute atomic E-state index is 10.7. The molecule has 13 heavy (non-hydrogen) atoms. The molecule has 4 heteroatoms. The van der Waals surface area contributed by atoms with Crippen LogP contribution >= 0.6 is 0 Å². The minimum absolute atomic E-state index is 0.0800. The van der Waals surface area contributed by atoms with Crippen molar-refractivity contribution < 1.29 is 19.4 Å². The number of ether oxygens (including phenoxy) is 2. The Kier molecular flexibility index (Phi) is 3.06. The Balaban J connectivity index is 2.20. The highest BCUT2D eigenvalue weighted by atomic mass is 16.6. The third kappa shape index (κ3) is 2.54. The molecule has 0 amide bonds. The molecule has 1 aliphatic rings. The number of rotatable bonds is 5. The average Bonchev–Trinajstić information content (AvgIpc) is 2.73. The van der Waals surface area contributed by atoms with E-state index in [0.717, 1.165) is 6.08 Å². The van der Waals surface area contributed by atoms with Crippen molar-refractivity contribution in [1.82, 2.24) is 0 Å². The van der Waals surface area contributed by atoms with Gasteiger partial charge in [0.2, 0.25) is 0 Å². The Hall–Kier alpha value is -0.870. The molecule has 1 aliphatic heterocycles. The SMILES string of the molecule is C=CC(=O)OCC1OC1(C)CCO. The maximum atomic E-state index is 10.7. The van der Waals surface area contributed by atoms with Crippen molar-refractivity contribution in [3.8, 4) is 0 Å². The van der Waals surface area contributed by atoms with E-state index in [4.69, 9.17) is 14.6 Å². The molecule has 1 N–H and O–H groups in total. The van der Waals surface area contributed by atoms with Gasteiger partial charge in [-0.2, -0.15) is 0 Å². The predicted octanol–water partition coefficient (Wildman–Crippen LogP) is 0.255. The first-order chi connectivity index (χ1) is 6.12. The van der Waals surface area contributed by atoms with E-state index in [-0.39, 0.29) is 24.9 Å². The van der Waals surface area contributed by atoms with Gasteiger partial charge in [-0.3, -0.25) is 0 Å². The Morgan fingerprint density at radius 1 is 1.85 bits per heavy atom. The molecule has 0 aromatic heterocycles. The second-order valence-electron chi connectivity index (χ2n) is 3.23. The number of hydrogen-bond donors (Lipinski definition) is 1. The van der Waals surface area contributed by atoms with Crippen LogP contribution in [-0.2, 0) is 14.3 Å². The predicted molar refractivity (Wildman–Crippen MR) is 46.1 cm³/mol. The van der Waals surface area contributed by atoms with E-state index in [1.165, 1.54) is 0 Å². The van der Waals surface area contributed by atoms with Crippen LogP contribution in [-0.4, -0.2) is 36.0 Å². The van der Waals surface area contributed by atoms with Crippen LogP contribution in [0.1, 0.15) is 13.3 Å². The van der Waals surface area contributed by atoms with Crippen LogP contribution in [0.5, 0.6) is 0 Å². The van der Waals surface area contributed by atoms with Crippen molar-refractivity contribution in [2.24, 2.45) is 0 Å². The molecule has 1 rings (SSSR count). The molecule has 0 aliphatic carbocycles. The van der Waals surface area contributed by atoms with Crippen molar-refractivity contribution >= 4 is 5.97 Å². The summed E-state index contributed by atoms with van der Waals surface area (Å²) in [6, 6.07) is 0. The maximum Gasteiger partial charge on any atom is 0.330 e. The minimum atomic E-state index is -0.443. The molecule has 1 saturated heterocycles. The largest absolute Gasteiger partial charge is 0.460 e. The van der Waals surface area contributed by atoms with Crippen LogP contribution in [0.2, 0.25) is 0 Å². The normalized spacial score (nSPS) is 31.1. The smallest absolute Gasteiger partial charge is 0.330 e. The van der Waals surface area contributed by atoms with Gasteiger partial charge in [-0.1, -0.05) is 6.58 Å². The second kappa shape index (κ2) is 3.89. The summed E-state index contributed by atoms with van der Waals surface area (Å²) in [5, 5.41) is 8.68. The zero-order valence-electron chi connectivity index (χ0n) is 7.66. The molecule has 2 atom stereocenters. The number of carbonyl (C=O) groups excluding carboxylic acids is 1. The van der Waals surface area contributed by atoms with Gasteiger partial charge in [0, 0.05) is 19.1 Å². The number of aliphatic hydroxyl groups is 1. The fraction of sp³-hybridized carbons (Fsp3) is 0.667. The Morgan fingerprint density at radius 2 is 2.54 bits per heavy atom. The third-order valence-corrected chi connectivity index (χ3v) is 2.19. The zero-order valence-corrected chi connectivity index (χ0v) is 7.66. The summed E-state index contributed by atoms with van der Waals surface area (Å²) in [4.78, 5) is 10.7. The number of epoxide rings is 1. The molecule has 0 spiro atoms. The zero-order chi connectivity index (χ0) is 9.90. The quantitative estimate of drug-likeness (QED) is 0.380. The van der Waals surface area contributed by atoms with Crippen LogP contribution in [0.25, 0.3) is 0 Å². The van der Waals surface area contributed by atoms with Gasteiger partial charge in [-0.25, -0.2) is 4.79 Å². The molecular weight excluding hydrogens is 172 g/mol. The summed E-state index contributed by atoms with van der Waals surface area (Å²) in [6.45, 7) is 5.48. The van der Waals surface area contributed by atoms with Gasteiger partial charge in [-0.15, -0.1) is 0 Å². The molecule has 1 heterocycles. The van der Waals surface area contributed by atoms with Gasteiger partial charge in [0.05, 0.1) is 5.60 Å². The number of hydrogen-bond acceptors (Lipinski definition) is 4. The molecule has 0 radical (unpaired) electrons. The minimum Gasteiger partial charge on any atom is -0.460 e. The standard InChI is InChI=1S/C9H14O4/c1-3-8(11)12-6-7-9(2,13-7)4-5-10/h3,7,10H,1,4-6H2,2H3. The highest BCUT2D eigenvalue weighted by molar-refractivity contribution is 5.81. The lowest BCUT2D eigenvalue weighted by atomic mass is 10.1. The summed E-state index contributed by atoms with van der Waals surface area (Å²) >= 11 is 0. The Morgan fingerprint density at radius 3 is 3.08 bits per heavy atom. The van der Waals surface area contributed by atoms with Crippen LogP contribution < -0.4 is 0 Å². The molecule has 74 valence electrons. The molecule has 2 unspecified atom stereocenters. The van der Waals surface area contributed by atoms with Gasteiger partial charge in [0.15, 0.2) is 0 Å². The van der Waals surface area contributed by atoms with Crippen LogP contribution in [0.4, 0.5) is 0 Å². The van der Waals surface area contributed by atoms with Gasteiger partial charge in [0.25, 0.3) is 0 Å². The Bertz CT molecular complexity index is 214. The molecule has 4 nitrogen and oxygen atoms in total. The molecule has 0 aromatic carbocycles. The number of carbonyl (C=O) groups is 1. The van der Waals surface area contributed by atoms with Crippen molar-refractivity contribution in [2.75, 3.05) is 13.2 Å². The van der Waals surface area contributed by atoms with E-state index < -0.39 is 5.97 Å². The molecule has 0 saturated carbocycles. The highest BCUT2D eigenvalue weighted by Crippen LogP contribution is 2.38. The average molecular weight is 186 g/mol. The molecule has 0 aromatic rings. The highest BCUT2D eigenvalue weighted by Gasteiger charge is 2.52.